The summed E-state index contributed by atoms with van der Waals surface area (Å²) >= 11 is 0.813. The number of benzene rings is 1. The summed E-state index contributed by atoms with van der Waals surface area (Å²) in [5.41, 5.74) is 1.47. The van der Waals surface area contributed by atoms with Crippen molar-refractivity contribution in [1.29, 1.82) is 0 Å². The number of hydrogen-bond donors (Lipinski definition) is 1. The van der Waals surface area contributed by atoms with Crippen molar-refractivity contribution in [2.24, 2.45) is 10.2 Å². The molecule has 204 valence electrons. The number of esters is 1. The Morgan fingerprint density at radius 3 is 2.54 bits per heavy atom. The molecule has 0 aliphatic carbocycles. The first-order valence-electron chi connectivity index (χ1n) is 11.7. The molecule has 15 heteroatoms. The van der Waals surface area contributed by atoms with Crippen molar-refractivity contribution < 1.29 is 31.1 Å². The minimum Gasteiger partial charge on any atom is -0.458 e. The number of azo groups is 1. The lowest BCUT2D eigenvalue weighted by atomic mass is 9.92. The smallest absolute Gasteiger partial charge is 0.404 e. The fourth-order valence-corrected chi connectivity index (χ4v) is 5.65. The molecule has 0 fully saturated rings. The minimum absolute atomic E-state index is 0.00706. The first-order chi connectivity index (χ1) is 17.2. The average molecular weight is 563 g/mol. The van der Waals surface area contributed by atoms with E-state index in [2.05, 4.69) is 25.3 Å². The highest BCUT2D eigenvalue weighted by Gasteiger charge is 2.36. The Balaban J connectivity index is 2.02. The van der Waals surface area contributed by atoms with Gasteiger partial charge in [-0.05, 0) is 64.7 Å². The summed E-state index contributed by atoms with van der Waals surface area (Å²) < 4.78 is 70.4. The summed E-state index contributed by atoms with van der Waals surface area (Å²) in [7, 11) is -4.78. The third-order valence-corrected chi connectivity index (χ3v) is 7.46. The lowest BCUT2D eigenvalue weighted by Gasteiger charge is -2.42. The van der Waals surface area contributed by atoms with Crippen LogP contribution in [0.2, 0.25) is 0 Å². The number of fused-ring (bicyclic) bond motifs is 1. The topological polar surface area (TPSA) is 126 Å². The Kier molecular flexibility index (Phi) is 8.78. The summed E-state index contributed by atoms with van der Waals surface area (Å²) in [6.07, 6.45) is -2.89. The number of rotatable bonds is 9. The highest BCUT2D eigenvalue weighted by atomic mass is 32.2. The second-order valence-electron chi connectivity index (χ2n) is 9.12. The van der Waals surface area contributed by atoms with Gasteiger partial charge in [-0.15, -0.1) is 20.4 Å². The molecular weight excluding hydrogens is 533 g/mol. The number of ether oxygens (including phenoxy) is 1. The van der Waals surface area contributed by atoms with E-state index in [4.69, 9.17) is 4.74 Å². The van der Waals surface area contributed by atoms with Gasteiger partial charge in [-0.1, -0.05) is 18.3 Å². The molecule has 2 heterocycles. The first-order valence-corrected chi connectivity index (χ1v) is 14.1. The van der Waals surface area contributed by atoms with Crippen LogP contribution in [0.3, 0.4) is 0 Å². The van der Waals surface area contributed by atoms with Gasteiger partial charge in [0.1, 0.15) is 5.69 Å². The van der Waals surface area contributed by atoms with E-state index in [0.717, 1.165) is 35.4 Å². The van der Waals surface area contributed by atoms with Crippen LogP contribution >= 0.6 is 11.3 Å². The Bertz CT molecular complexity index is 1260. The van der Waals surface area contributed by atoms with Crippen molar-refractivity contribution in [3.05, 3.63) is 22.7 Å². The van der Waals surface area contributed by atoms with Gasteiger partial charge >= 0.3 is 12.1 Å². The highest BCUT2D eigenvalue weighted by molar-refractivity contribution is 7.92. The van der Waals surface area contributed by atoms with Crippen LogP contribution in [0.15, 0.2) is 22.4 Å². The van der Waals surface area contributed by atoms with Crippen LogP contribution in [0.25, 0.3) is 0 Å². The molecule has 37 heavy (non-hydrogen) atoms. The minimum atomic E-state index is -4.92. The molecule has 1 aromatic carbocycles. The molecule has 1 unspecified atom stereocenters. The summed E-state index contributed by atoms with van der Waals surface area (Å²) in [5, 5.41) is 15.4. The number of halogens is 3. The van der Waals surface area contributed by atoms with E-state index >= 15 is 0 Å². The maximum atomic E-state index is 12.9. The van der Waals surface area contributed by atoms with Crippen LogP contribution in [0.4, 0.5) is 35.4 Å². The number of alkyl halides is 3. The van der Waals surface area contributed by atoms with Gasteiger partial charge in [0.15, 0.2) is 5.75 Å². The zero-order valence-corrected chi connectivity index (χ0v) is 22.7. The predicted molar refractivity (Wildman–Crippen MR) is 135 cm³/mol. The third-order valence-electron chi connectivity index (χ3n) is 5.44. The van der Waals surface area contributed by atoms with Gasteiger partial charge in [-0.2, -0.15) is 13.2 Å². The molecule has 0 saturated heterocycles. The Labute approximate surface area is 217 Å². The Morgan fingerprint density at radius 1 is 1.24 bits per heavy atom. The van der Waals surface area contributed by atoms with E-state index in [1.165, 1.54) is 6.07 Å². The first kappa shape index (κ1) is 28.8. The lowest BCUT2D eigenvalue weighted by Crippen LogP contribution is -2.43. The van der Waals surface area contributed by atoms with Gasteiger partial charge in [-0.3, -0.25) is 4.72 Å². The number of anilines is 2. The molecule has 10 nitrogen and oxygen atoms in total. The van der Waals surface area contributed by atoms with Crippen molar-refractivity contribution in [3.8, 4) is 0 Å². The number of nitrogens with zero attached hydrogens (tertiary/aromatic N) is 5. The second kappa shape index (κ2) is 11.3. The van der Waals surface area contributed by atoms with Crippen molar-refractivity contribution in [3.63, 3.8) is 0 Å². The number of carbonyl (C=O) groups is 1. The quantitative estimate of drug-likeness (QED) is 0.304. The van der Waals surface area contributed by atoms with E-state index in [1.807, 2.05) is 25.5 Å². The van der Waals surface area contributed by atoms with Crippen LogP contribution in [0.1, 0.15) is 62.8 Å². The summed E-state index contributed by atoms with van der Waals surface area (Å²) in [6, 6.07) is 3.39. The Morgan fingerprint density at radius 2 is 1.95 bits per heavy atom. The predicted octanol–water partition coefficient (Wildman–Crippen LogP) is 5.76. The molecule has 1 atom stereocenters. The van der Waals surface area contributed by atoms with E-state index in [0.29, 0.717) is 6.42 Å². The van der Waals surface area contributed by atoms with Gasteiger partial charge in [0.25, 0.3) is 5.13 Å². The van der Waals surface area contributed by atoms with Crippen molar-refractivity contribution in [2.75, 3.05) is 15.4 Å². The molecular formula is C22H29F3N6O4S2. The molecule has 0 amide bonds. The maximum Gasteiger partial charge on any atom is 0.404 e. The average Bonchev–Trinajstić information content (AvgIpc) is 3.23. The molecule has 1 aliphatic heterocycles. The molecule has 0 saturated carbocycles. The number of aryl methyl sites for hydroxylation is 1. The summed E-state index contributed by atoms with van der Waals surface area (Å²) in [4.78, 5) is 14.1. The maximum absolute atomic E-state index is 12.9. The third kappa shape index (κ3) is 7.60. The summed E-state index contributed by atoms with van der Waals surface area (Å²) in [5.74, 6) is -2.72. The molecule has 1 N–H and O–H groups in total. The van der Waals surface area contributed by atoms with Crippen LogP contribution in [-0.4, -0.2) is 54.7 Å². The van der Waals surface area contributed by atoms with Gasteiger partial charge in [0.05, 0.1) is 11.8 Å². The molecule has 0 bridgehead atoms. The SMILES string of the molecule is CCC1CCc2cc(N=Nc3nnc(C(=O)OC(C)C)s3)c(NS(=O)(=O)CC(F)(F)F)cc2N1C(C)C. The fraction of sp³-hybridized carbons (Fsp3) is 0.591. The standard InChI is InChI=1S/C22H29F3N6O4S2/c1-6-15-8-7-14-9-16(26-28-21-29-27-19(36-21)20(32)35-13(4)5)17(10-18(14)31(15)12(2)3)30-37(33,34)11-22(23,24)25/h9-10,12-13,15,30H,6-8,11H2,1-5H3. The monoisotopic (exact) mass is 562 g/mol. The van der Waals surface area contributed by atoms with Crippen LogP contribution in [-0.2, 0) is 21.2 Å². The van der Waals surface area contributed by atoms with E-state index in [-0.39, 0.29) is 39.7 Å². The number of carbonyl (C=O) groups excluding carboxylic acids is 1. The van der Waals surface area contributed by atoms with Crippen LogP contribution in [0, 0.1) is 0 Å². The van der Waals surface area contributed by atoms with E-state index < -0.39 is 27.9 Å². The van der Waals surface area contributed by atoms with Crippen molar-refractivity contribution in [2.45, 2.75) is 78.2 Å². The van der Waals surface area contributed by atoms with Gasteiger partial charge in [0.2, 0.25) is 15.0 Å². The van der Waals surface area contributed by atoms with Gasteiger partial charge in [0, 0.05) is 17.8 Å². The molecule has 3 rings (SSSR count). The van der Waals surface area contributed by atoms with Crippen LogP contribution in [0.5, 0.6) is 0 Å². The molecule has 2 aromatic rings. The zero-order chi connectivity index (χ0) is 27.5. The van der Waals surface area contributed by atoms with Gasteiger partial charge < -0.3 is 9.64 Å². The molecule has 1 aliphatic rings. The Hall–Kier alpha value is -2.81. The van der Waals surface area contributed by atoms with Crippen LogP contribution < -0.4 is 9.62 Å². The fourth-order valence-electron chi connectivity index (χ4n) is 4.10. The van der Waals surface area contributed by atoms with E-state index in [1.54, 1.807) is 19.9 Å². The second-order valence-corrected chi connectivity index (χ2v) is 11.8. The lowest BCUT2D eigenvalue weighted by molar-refractivity contribution is -0.106. The molecule has 0 spiro atoms. The molecule has 1 aromatic heterocycles. The number of nitrogens with one attached hydrogen (secondary N) is 1. The largest absolute Gasteiger partial charge is 0.458 e. The zero-order valence-electron chi connectivity index (χ0n) is 21.0. The van der Waals surface area contributed by atoms with Crippen molar-refractivity contribution >= 4 is 49.5 Å². The highest BCUT2D eigenvalue weighted by Crippen LogP contribution is 2.41. The molecule has 0 radical (unpaired) electrons. The normalized spacial score (nSPS) is 16.5. The van der Waals surface area contributed by atoms with E-state index in [9.17, 15) is 26.4 Å². The summed E-state index contributed by atoms with van der Waals surface area (Å²) in [6.45, 7) is 9.40. The van der Waals surface area contributed by atoms with Gasteiger partial charge in [-0.25, -0.2) is 13.2 Å². The number of hydrogen-bond acceptors (Lipinski definition) is 10. The number of aromatic nitrogens is 2. The number of sulfonamides is 1. The van der Waals surface area contributed by atoms with Crippen molar-refractivity contribution in [1.82, 2.24) is 10.2 Å².